The molecule has 0 bridgehead atoms. The molecule has 0 amide bonds. The molecule has 0 aliphatic heterocycles. The molecule has 0 saturated carbocycles. The molecular formula is C17H17ClF3NO. The van der Waals surface area contributed by atoms with E-state index in [0.29, 0.717) is 5.75 Å². The Kier molecular flexibility index (Phi) is 5.22. The Morgan fingerprint density at radius 2 is 1.70 bits per heavy atom. The minimum Gasteiger partial charge on any atom is -0.484 e. The summed E-state index contributed by atoms with van der Waals surface area (Å²) in [5, 5.41) is 3.21. The van der Waals surface area contributed by atoms with Gasteiger partial charge in [-0.05, 0) is 48.9 Å². The molecule has 6 heteroatoms. The van der Waals surface area contributed by atoms with Crippen LogP contribution in [0.25, 0.3) is 0 Å². The fourth-order valence-electron chi connectivity index (χ4n) is 2.83. The summed E-state index contributed by atoms with van der Waals surface area (Å²) in [4.78, 5) is 0. The number of likely N-dealkylation sites (N-methyl/N-ethyl adjacent to an activating group) is 1. The third kappa shape index (κ3) is 3.62. The van der Waals surface area contributed by atoms with Crippen molar-refractivity contribution in [2.75, 3.05) is 7.05 Å². The number of hydrogen-bond donors (Lipinski definition) is 1. The molecule has 3 rings (SSSR count). The van der Waals surface area contributed by atoms with Crippen LogP contribution >= 0.6 is 12.4 Å². The molecule has 23 heavy (non-hydrogen) atoms. The van der Waals surface area contributed by atoms with Gasteiger partial charge in [-0.3, -0.25) is 0 Å². The van der Waals surface area contributed by atoms with Gasteiger partial charge in [-0.2, -0.15) is 13.2 Å². The van der Waals surface area contributed by atoms with Crippen LogP contribution in [0, 0.1) is 0 Å². The first-order valence-electron chi connectivity index (χ1n) is 7.08. The van der Waals surface area contributed by atoms with Gasteiger partial charge in [0.2, 0.25) is 0 Å². The largest absolute Gasteiger partial charge is 0.484 e. The normalized spacial score (nSPS) is 19.8. The Balaban J connectivity index is 0.00000192. The average molecular weight is 344 g/mol. The third-order valence-electron chi connectivity index (χ3n) is 3.98. The highest BCUT2D eigenvalue weighted by atomic mass is 35.5. The van der Waals surface area contributed by atoms with Gasteiger partial charge >= 0.3 is 6.18 Å². The molecule has 1 aliphatic carbocycles. The maximum atomic E-state index is 12.6. The van der Waals surface area contributed by atoms with E-state index in [1.807, 2.05) is 25.2 Å². The van der Waals surface area contributed by atoms with E-state index in [2.05, 4.69) is 11.4 Å². The van der Waals surface area contributed by atoms with Crippen molar-refractivity contribution < 1.29 is 17.9 Å². The summed E-state index contributed by atoms with van der Waals surface area (Å²) in [6.45, 7) is 0. The summed E-state index contributed by atoms with van der Waals surface area (Å²) in [5.74, 6) is 0.440. The fraction of sp³-hybridized carbons (Fsp3) is 0.294. The SMILES string of the molecule is CNC1Cc2ccccc2C1Oc1ccc(C(F)(F)F)cc1.Cl. The van der Waals surface area contributed by atoms with Crippen LogP contribution in [-0.2, 0) is 12.6 Å². The topological polar surface area (TPSA) is 21.3 Å². The van der Waals surface area contributed by atoms with Crippen LogP contribution < -0.4 is 10.1 Å². The van der Waals surface area contributed by atoms with Crippen molar-refractivity contribution in [3.63, 3.8) is 0 Å². The molecule has 0 aromatic heterocycles. The van der Waals surface area contributed by atoms with Gasteiger partial charge in [-0.1, -0.05) is 24.3 Å². The summed E-state index contributed by atoms with van der Waals surface area (Å²) in [6.07, 6.45) is -3.68. The Morgan fingerprint density at radius 3 is 2.30 bits per heavy atom. The van der Waals surface area contributed by atoms with Gasteiger partial charge in [-0.15, -0.1) is 12.4 Å². The number of hydrogen-bond acceptors (Lipinski definition) is 2. The lowest BCUT2D eigenvalue weighted by atomic mass is 10.1. The lowest BCUT2D eigenvalue weighted by Gasteiger charge is -2.22. The van der Waals surface area contributed by atoms with Crippen molar-refractivity contribution >= 4 is 12.4 Å². The van der Waals surface area contributed by atoms with Crippen molar-refractivity contribution in [1.82, 2.24) is 5.32 Å². The number of ether oxygens (including phenoxy) is 1. The van der Waals surface area contributed by atoms with Crippen LogP contribution in [-0.4, -0.2) is 13.1 Å². The summed E-state index contributed by atoms with van der Waals surface area (Å²) in [5.41, 5.74) is 1.62. The second-order valence-corrected chi connectivity index (χ2v) is 5.36. The van der Waals surface area contributed by atoms with E-state index in [1.54, 1.807) is 0 Å². The molecule has 0 heterocycles. The lowest BCUT2D eigenvalue weighted by Crippen LogP contribution is -2.32. The highest BCUT2D eigenvalue weighted by Crippen LogP contribution is 2.36. The number of halogens is 4. The number of benzene rings is 2. The van der Waals surface area contributed by atoms with Crippen LogP contribution in [0.2, 0.25) is 0 Å². The van der Waals surface area contributed by atoms with Gasteiger partial charge in [0.25, 0.3) is 0 Å². The van der Waals surface area contributed by atoms with Crippen LogP contribution in [0.4, 0.5) is 13.2 Å². The van der Waals surface area contributed by atoms with E-state index < -0.39 is 11.7 Å². The average Bonchev–Trinajstić information content (AvgIpc) is 2.85. The van der Waals surface area contributed by atoms with Crippen molar-refractivity contribution in [1.29, 1.82) is 0 Å². The lowest BCUT2D eigenvalue weighted by molar-refractivity contribution is -0.137. The van der Waals surface area contributed by atoms with Crippen molar-refractivity contribution in [3.8, 4) is 5.75 Å². The quantitative estimate of drug-likeness (QED) is 0.892. The number of rotatable bonds is 3. The van der Waals surface area contributed by atoms with Crippen LogP contribution in [0.3, 0.4) is 0 Å². The monoisotopic (exact) mass is 343 g/mol. The van der Waals surface area contributed by atoms with E-state index in [1.165, 1.54) is 17.7 Å². The van der Waals surface area contributed by atoms with Crippen LogP contribution in [0.1, 0.15) is 22.8 Å². The Bertz CT molecular complexity index is 658. The zero-order chi connectivity index (χ0) is 15.7. The molecule has 2 nitrogen and oxygen atoms in total. The molecule has 2 aromatic carbocycles. The van der Waals surface area contributed by atoms with Crippen LogP contribution in [0.15, 0.2) is 48.5 Å². The van der Waals surface area contributed by atoms with E-state index >= 15 is 0 Å². The first-order valence-corrected chi connectivity index (χ1v) is 7.08. The molecule has 2 unspecified atom stereocenters. The predicted molar refractivity (Wildman–Crippen MR) is 85.1 cm³/mol. The summed E-state index contributed by atoms with van der Waals surface area (Å²) >= 11 is 0. The molecular weight excluding hydrogens is 327 g/mol. The second-order valence-electron chi connectivity index (χ2n) is 5.36. The highest BCUT2D eigenvalue weighted by Gasteiger charge is 2.33. The molecule has 124 valence electrons. The van der Waals surface area contributed by atoms with Crippen molar-refractivity contribution in [3.05, 3.63) is 65.2 Å². The van der Waals surface area contributed by atoms with Gasteiger partial charge in [0.05, 0.1) is 11.6 Å². The van der Waals surface area contributed by atoms with Crippen molar-refractivity contribution in [2.24, 2.45) is 0 Å². The summed E-state index contributed by atoms with van der Waals surface area (Å²) < 4.78 is 43.7. The number of nitrogens with one attached hydrogen (secondary N) is 1. The Labute approximate surface area is 139 Å². The standard InChI is InChI=1S/C17H16F3NO.ClH/c1-21-15-10-11-4-2-3-5-14(11)16(15)22-13-8-6-12(7-9-13)17(18,19)20;/h2-9,15-16,21H,10H2,1H3;1H. The van der Waals surface area contributed by atoms with Gasteiger partial charge < -0.3 is 10.1 Å². The smallest absolute Gasteiger partial charge is 0.416 e. The number of alkyl halides is 3. The molecule has 1 N–H and O–H groups in total. The maximum Gasteiger partial charge on any atom is 0.416 e. The molecule has 0 spiro atoms. The van der Waals surface area contributed by atoms with E-state index in [0.717, 1.165) is 24.1 Å². The van der Waals surface area contributed by atoms with Gasteiger partial charge in [-0.25, -0.2) is 0 Å². The van der Waals surface area contributed by atoms with E-state index in [9.17, 15) is 13.2 Å². The van der Waals surface area contributed by atoms with Crippen LogP contribution in [0.5, 0.6) is 5.75 Å². The van der Waals surface area contributed by atoms with E-state index in [4.69, 9.17) is 4.74 Å². The first kappa shape index (κ1) is 17.6. The molecule has 0 fully saturated rings. The minimum absolute atomic E-state index is 0. The van der Waals surface area contributed by atoms with Gasteiger partial charge in [0, 0.05) is 0 Å². The zero-order valence-electron chi connectivity index (χ0n) is 12.4. The van der Waals surface area contributed by atoms with Gasteiger partial charge in [0.15, 0.2) is 0 Å². The minimum atomic E-state index is -4.33. The molecule has 2 atom stereocenters. The summed E-state index contributed by atoms with van der Waals surface area (Å²) in [6, 6.07) is 12.9. The van der Waals surface area contributed by atoms with Gasteiger partial charge in [0.1, 0.15) is 11.9 Å². The highest BCUT2D eigenvalue weighted by molar-refractivity contribution is 5.85. The zero-order valence-corrected chi connectivity index (χ0v) is 13.2. The maximum absolute atomic E-state index is 12.6. The Morgan fingerprint density at radius 1 is 1.04 bits per heavy atom. The van der Waals surface area contributed by atoms with E-state index in [-0.39, 0.29) is 24.6 Å². The predicted octanol–water partition coefficient (Wildman–Crippen LogP) is 4.39. The van der Waals surface area contributed by atoms with Crippen molar-refractivity contribution in [2.45, 2.75) is 24.7 Å². The summed E-state index contributed by atoms with van der Waals surface area (Å²) in [7, 11) is 1.86. The molecule has 0 saturated heterocycles. The molecule has 0 radical (unpaired) electrons. The molecule has 2 aromatic rings. The Hall–Kier alpha value is -1.72. The first-order chi connectivity index (χ1) is 10.5. The fourth-order valence-corrected chi connectivity index (χ4v) is 2.83. The molecule has 1 aliphatic rings. The number of fused-ring (bicyclic) bond motifs is 1. The second kappa shape index (κ2) is 6.81. The third-order valence-corrected chi connectivity index (χ3v) is 3.98.